The maximum Gasteiger partial charge on any atom is 0.259 e. The topological polar surface area (TPSA) is 54.6 Å². The molecule has 150 valence electrons. The lowest BCUT2D eigenvalue weighted by Crippen LogP contribution is -2.37. The van der Waals surface area contributed by atoms with Gasteiger partial charge in [-0.25, -0.2) is 0 Å². The molecule has 6 heteroatoms. The first-order chi connectivity index (χ1) is 14.7. The van der Waals surface area contributed by atoms with Crippen molar-refractivity contribution in [1.82, 2.24) is 9.88 Å². The summed E-state index contributed by atoms with van der Waals surface area (Å²) in [5.41, 5.74) is 5.07. The summed E-state index contributed by atoms with van der Waals surface area (Å²) in [4.78, 5) is 20.5. The Morgan fingerprint density at radius 2 is 1.93 bits per heavy atom. The molecule has 0 radical (unpaired) electrons. The van der Waals surface area contributed by atoms with Gasteiger partial charge in [0.05, 0.1) is 25.8 Å². The van der Waals surface area contributed by atoms with E-state index in [2.05, 4.69) is 40.7 Å². The number of hydrogen-bond acceptors (Lipinski definition) is 4. The summed E-state index contributed by atoms with van der Waals surface area (Å²) in [6.07, 6.45) is 0. The summed E-state index contributed by atoms with van der Waals surface area (Å²) in [5.74, 6) is 1.23. The molecule has 2 aromatic carbocycles. The largest absolute Gasteiger partial charge is 0.493 e. The Morgan fingerprint density at radius 3 is 2.70 bits per heavy atom. The number of thiophene rings is 1. The van der Waals surface area contributed by atoms with Crippen LogP contribution in [0.3, 0.4) is 0 Å². The third kappa shape index (κ3) is 2.20. The van der Waals surface area contributed by atoms with Crippen LogP contribution in [0.5, 0.6) is 11.5 Å². The fraction of sp³-hybridized carbons (Fsp3) is 0.208. The van der Waals surface area contributed by atoms with E-state index in [1.54, 1.807) is 25.6 Å². The van der Waals surface area contributed by atoms with Crippen LogP contribution < -0.4 is 9.47 Å². The molecule has 2 aliphatic rings. The minimum absolute atomic E-state index is 0.00314. The van der Waals surface area contributed by atoms with E-state index in [1.165, 1.54) is 15.8 Å². The maximum atomic E-state index is 13.6. The SMILES string of the molecule is COc1ccc2c(c1OC)C(=O)N1C[C@@H](c3cccs3)c3c([nH]c4ccccc34)[C@H]21. The second-order valence-corrected chi connectivity index (χ2v) is 8.67. The number of methoxy groups -OCH3 is 2. The van der Waals surface area contributed by atoms with Gasteiger partial charge >= 0.3 is 0 Å². The number of aromatic nitrogens is 1. The predicted octanol–water partition coefficient (Wildman–Crippen LogP) is 4.94. The highest BCUT2D eigenvalue weighted by atomic mass is 32.1. The molecule has 1 amide bonds. The molecule has 2 aromatic heterocycles. The third-order valence-electron chi connectivity index (χ3n) is 6.32. The lowest BCUT2D eigenvalue weighted by Gasteiger charge is -2.35. The quantitative estimate of drug-likeness (QED) is 0.515. The Hall–Kier alpha value is -3.25. The van der Waals surface area contributed by atoms with Gasteiger partial charge in [-0.15, -0.1) is 11.3 Å². The summed E-state index contributed by atoms with van der Waals surface area (Å²) in [7, 11) is 3.19. The van der Waals surface area contributed by atoms with Gasteiger partial charge in [-0.3, -0.25) is 4.79 Å². The van der Waals surface area contributed by atoms with Crippen LogP contribution in [0, 0.1) is 0 Å². The Labute approximate surface area is 177 Å². The number of fused-ring (bicyclic) bond motifs is 7. The Morgan fingerprint density at radius 1 is 1.07 bits per heavy atom. The number of para-hydroxylation sites is 1. The number of nitrogens with one attached hydrogen (secondary N) is 1. The molecule has 5 nitrogen and oxygen atoms in total. The van der Waals surface area contributed by atoms with Crippen LogP contribution in [-0.4, -0.2) is 36.6 Å². The monoisotopic (exact) mass is 416 g/mol. The average Bonchev–Trinajstić information content (AvgIpc) is 3.50. The minimum Gasteiger partial charge on any atom is -0.493 e. The Kier molecular flexibility index (Phi) is 3.74. The highest BCUT2D eigenvalue weighted by Gasteiger charge is 2.47. The molecule has 2 aliphatic heterocycles. The van der Waals surface area contributed by atoms with Crippen molar-refractivity contribution in [3.8, 4) is 11.5 Å². The van der Waals surface area contributed by atoms with E-state index in [1.807, 2.05) is 23.1 Å². The number of aromatic amines is 1. The van der Waals surface area contributed by atoms with E-state index < -0.39 is 0 Å². The average molecular weight is 417 g/mol. The number of H-pyrrole nitrogens is 1. The van der Waals surface area contributed by atoms with Crippen LogP contribution in [0.2, 0.25) is 0 Å². The van der Waals surface area contributed by atoms with Gasteiger partial charge in [-0.1, -0.05) is 30.3 Å². The number of hydrogen-bond donors (Lipinski definition) is 1. The molecule has 2 atom stereocenters. The van der Waals surface area contributed by atoms with E-state index in [0.29, 0.717) is 23.6 Å². The zero-order valence-corrected chi connectivity index (χ0v) is 17.5. The zero-order valence-electron chi connectivity index (χ0n) is 16.6. The van der Waals surface area contributed by atoms with Crippen molar-refractivity contribution in [2.24, 2.45) is 0 Å². The van der Waals surface area contributed by atoms with Crippen molar-refractivity contribution in [1.29, 1.82) is 0 Å². The van der Waals surface area contributed by atoms with Crippen LogP contribution in [-0.2, 0) is 0 Å². The van der Waals surface area contributed by atoms with E-state index in [4.69, 9.17) is 9.47 Å². The first-order valence-electron chi connectivity index (χ1n) is 9.92. The van der Waals surface area contributed by atoms with Gasteiger partial charge in [-0.05, 0) is 34.7 Å². The van der Waals surface area contributed by atoms with Crippen molar-refractivity contribution < 1.29 is 14.3 Å². The van der Waals surface area contributed by atoms with Gasteiger partial charge in [0.2, 0.25) is 0 Å². The van der Waals surface area contributed by atoms with Gasteiger partial charge < -0.3 is 19.4 Å². The van der Waals surface area contributed by atoms with Crippen LogP contribution in [0.1, 0.15) is 44.0 Å². The molecule has 0 unspecified atom stereocenters. The van der Waals surface area contributed by atoms with E-state index >= 15 is 0 Å². The summed E-state index contributed by atoms with van der Waals surface area (Å²) in [6.45, 7) is 0.638. The van der Waals surface area contributed by atoms with Crippen molar-refractivity contribution in [2.45, 2.75) is 12.0 Å². The normalized spacial score (nSPS) is 19.5. The van der Waals surface area contributed by atoms with Gasteiger partial charge in [0.15, 0.2) is 11.5 Å². The molecule has 0 saturated carbocycles. The number of rotatable bonds is 3. The Balaban J connectivity index is 1.64. The van der Waals surface area contributed by atoms with Crippen LogP contribution in [0.4, 0.5) is 0 Å². The molecule has 4 aromatic rings. The highest BCUT2D eigenvalue weighted by molar-refractivity contribution is 7.10. The molecular formula is C24H20N2O3S. The third-order valence-corrected chi connectivity index (χ3v) is 7.31. The number of ether oxygens (including phenoxy) is 2. The highest BCUT2D eigenvalue weighted by Crippen LogP contribution is 2.52. The van der Waals surface area contributed by atoms with Crippen LogP contribution in [0.15, 0.2) is 53.9 Å². The van der Waals surface area contributed by atoms with Gasteiger partial charge in [0.25, 0.3) is 5.91 Å². The van der Waals surface area contributed by atoms with E-state index in [9.17, 15) is 4.79 Å². The maximum absolute atomic E-state index is 13.6. The van der Waals surface area contributed by atoms with E-state index in [0.717, 1.165) is 16.8 Å². The van der Waals surface area contributed by atoms with Crippen molar-refractivity contribution in [3.63, 3.8) is 0 Å². The molecular weight excluding hydrogens is 396 g/mol. The zero-order chi connectivity index (χ0) is 20.4. The molecule has 30 heavy (non-hydrogen) atoms. The molecule has 0 spiro atoms. The lowest BCUT2D eigenvalue weighted by atomic mass is 9.86. The fourth-order valence-electron chi connectivity index (χ4n) is 5.10. The Bertz CT molecular complexity index is 1290. The van der Waals surface area contributed by atoms with Crippen molar-refractivity contribution in [3.05, 3.63) is 81.2 Å². The van der Waals surface area contributed by atoms with E-state index in [-0.39, 0.29) is 17.9 Å². The van der Waals surface area contributed by atoms with Crippen molar-refractivity contribution in [2.75, 3.05) is 20.8 Å². The standard InChI is InChI=1S/C24H20N2O3S/c1-28-17-10-9-14-20(23(17)29-2)24(27)26-12-15(18-8-5-11-30-18)19-13-6-3-4-7-16(13)25-21(19)22(14)26/h3-11,15,22,25H,12H2,1-2H3/t15-,22-/m0/s1. The number of nitrogens with zero attached hydrogens (tertiary/aromatic N) is 1. The van der Waals surface area contributed by atoms with Crippen LogP contribution >= 0.6 is 11.3 Å². The first kappa shape index (κ1) is 17.6. The molecule has 0 bridgehead atoms. The smallest absolute Gasteiger partial charge is 0.259 e. The summed E-state index contributed by atoms with van der Waals surface area (Å²) in [6, 6.07) is 16.4. The number of benzene rings is 2. The lowest BCUT2D eigenvalue weighted by molar-refractivity contribution is 0.0725. The number of amides is 1. The molecule has 0 fully saturated rings. The molecule has 1 N–H and O–H groups in total. The molecule has 0 saturated heterocycles. The summed E-state index contributed by atoms with van der Waals surface area (Å²) >= 11 is 1.74. The molecule has 6 rings (SSSR count). The van der Waals surface area contributed by atoms with Crippen molar-refractivity contribution >= 4 is 28.1 Å². The first-order valence-corrected chi connectivity index (χ1v) is 10.8. The summed E-state index contributed by atoms with van der Waals surface area (Å²) in [5, 5.41) is 3.33. The second-order valence-electron chi connectivity index (χ2n) is 7.69. The summed E-state index contributed by atoms with van der Waals surface area (Å²) < 4.78 is 11.1. The number of carbonyl (C=O) groups is 1. The molecule has 4 heterocycles. The van der Waals surface area contributed by atoms with Gasteiger partial charge in [0, 0.05) is 33.9 Å². The fourth-order valence-corrected chi connectivity index (χ4v) is 5.93. The van der Waals surface area contributed by atoms with Crippen LogP contribution in [0.25, 0.3) is 10.9 Å². The van der Waals surface area contributed by atoms with Gasteiger partial charge in [0.1, 0.15) is 0 Å². The minimum atomic E-state index is -0.147. The molecule has 0 aliphatic carbocycles. The number of carbonyl (C=O) groups excluding carboxylic acids is 1. The predicted molar refractivity (Wildman–Crippen MR) is 117 cm³/mol. The van der Waals surface area contributed by atoms with Gasteiger partial charge in [-0.2, -0.15) is 0 Å². The second kappa shape index (κ2) is 6.37.